The monoisotopic (exact) mass is 274 g/mol. The van der Waals surface area contributed by atoms with Gasteiger partial charge >= 0.3 is 0 Å². The molecule has 1 heterocycles. The topological polar surface area (TPSA) is 42.0 Å². The van der Waals surface area contributed by atoms with Crippen LogP contribution in [0.3, 0.4) is 0 Å². The Morgan fingerprint density at radius 1 is 1.37 bits per heavy atom. The molecular weight excluding hydrogens is 260 g/mol. The largest absolute Gasteiger partial charge is 0.353 e. The van der Waals surface area contributed by atoms with Crippen molar-refractivity contribution in [2.75, 3.05) is 6.54 Å². The summed E-state index contributed by atoms with van der Waals surface area (Å²) in [7, 11) is 0. The smallest absolute Gasteiger partial charge is 0.244 e. The lowest BCUT2D eigenvalue weighted by Gasteiger charge is -2.00. The van der Waals surface area contributed by atoms with Crippen LogP contribution >= 0.6 is 11.6 Å². The fourth-order valence-electron chi connectivity index (χ4n) is 1.67. The third-order valence-corrected chi connectivity index (χ3v) is 2.86. The zero-order valence-corrected chi connectivity index (χ0v) is 11.4. The maximum atomic E-state index is 11.4. The Hall–Kier alpha value is -1.87. The number of hydrogen-bond donors (Lipinski definition) is 1. The summed E-state index contributed by atoms with van der Waals surface area (Å²) < 4.78 is 0. The molecule has 1 aromatic carbocycles. The van der Waals surface area contributed by atoms with E-state index in [4.69, 9.17) is 11.6 Å². The van der Waals surface area contributed by atoms with Crippen molar-refractivity contribution in [1.82, 2.24) is 10.3 Å². The molecule has 0 aliphatic heterocycles. The Labute approximate surface area is 117 Å². The quantitative estimate of drug-likeness (QED) is 0.868. The van der Waals surface area contributed by atoms with Crippen LogP contribution in [-0.4, -0.2) is 17.4 Å². The van der Waals surface area contributed by atoms with Crippen LogP contribution in [-0.2, 0) is 4.79 Å². The summed E-state index contributed by atoms with van der Waals surface area (Å²) in [4.78, 5) is 15.9. The summed E-state index contributed by atoms with van der Waals surface area (Å²) in [6.45, 7) is 2.70. The van der Waals surface area contributed by atoms with Crippen molar-refractivity contribution in [3.63, 3.8) is 0 Å². The Bertz CT molecular complexity index is 623. The van der Waals surface area contributed by atoms with Crippen molar-refractivity contribution in [1.29, 1.82) is 0 Å². The van der Waals surface area contributed by atoms with Crippen LogP contribution in [0.5, 0.6) is 0 Å². The minimum Gasteiger partial charge on any atom is -0.353 e. The number of amides is 1. The van der Waals surface area contributed by atoms with Gasteiger partial charge in [-0.3, -0.25) is 4.79 Å². The third-order valence-electron chi connectivity index (χ3n) is 2.63. The van der Waals surface area contributed by atoms with Gasteiger partial charge in [-0.1, -0.05) is 24.6 Å². The second-order valence-corrected chi connectivity index (χ2v) is 4.63. The molecule has 0 radical (unpaired) electrons. The first-order chi connectivity index (χ1) is 9.19. The maximum absolute atomic E-state index is 11.4. The number of rotatable bonds is 4. The molecule has 4 heteroatoms. The number of nitrogens with one attached hydrogen (secondary N) is 1. The van der Waals surface area contributed by atoms with E-state index < -0.39 is 0 Å². The van der Waals surface area contributed by atoms with E-state index in [9.17, 15) is 4.79 Å². The van der Waals surface area contributed by atoms with Crippen LogP contribution in [0.2, 0.25) is 5.02 Å². The summed E-state index contributed by atoms with van der Waals surface area (Å²) in [5.41, 5.74) is 1.61. The number of fused-ring (bicyclic) bond motifs is 1. The average Bonchev–Trinajstić information content (AvgIpc) is 2.42. The first-order valence-corrected chi connectivity index (χ1v) is 6.59. The van der Waals surface area contributed by atoms with Gasteiger partial charge in [0.1, 0.15) is 0 Å². The van der Waals surface area contributed by atoms with Crippen LogP contribution < -0.4 is 5.32 Å². The van der Waals surface area contributed by atoms with Crippen LogP contribution in [0.25, 0.3) is 17.0 Å². The van der Waals surface area contributed by atoms with Crippen molar-refractivity contribution in [3.05, 3.63) is 47.1 Å². The van der Waals surface area contributed by atoms with Gasteiger partial charge in [0.2, 0.25) is 5.91 Å². The van der Waals surface area contributed by atoms with E-state index in [0.29, 0.717) is 11.6 Å². The highest BCUT2D eigenvalue weighted by molar-refractivity contribution is 6.31. The number of nitrogens with zero attached hydrogens (tertiary/aromatic N) is 1. The average molecular weight is 275 g/mol. The minimum atomic E-state index is -0.0974. The summed E-state index contributed by atoms with van der Waals surface area (Å²) >= 11 is 5.91. The lowest BCUT2D eigenvalue weighted by atomic mass is 10.2. The molecule has 0 atom stereocenters. The van der Waals surface area contributed by atoms with Gasteiger partial charge < -0.3 is 5.32 Å². The Morgan fingerprint density at radius 3 is 3.00 bits per heavy atom. The summed E-state index contributed by atoms with van der Waals surface area (Å²) in [6.07, 6.45) is 4.13. The molecule has 98 valence electrons. The van der Waals surface area contributed by atoms with E-state index in [0.717, 1.165) is 23.0 Å². The highest BCUT2D eigenvalue weighted by Crippen LogP contribution is 2.18. The molecule has 1 aromatic heterocycles. The molecule has 1 N–H and O–H groups in total. The number of hydrogen-bond acceptors (Lipinski definition) is 2. The van der Waals surface area contributed by atoms with Crippen LogP contribution in [0.15, 0.2) is 36.4 Å². The molecule has 0 bridgehead atoms. The van der Waals surface area contributed by atoms with Gasteiger partial charge in [-0.15, -0.1) is 0 Å². The van der Waals surface area contributed by atoms with E-state index in [1.54, 1.807) is 12.1 Å². The standard InChI is InChI=1S/C15H15ClN2O/c1-2-9-17-15(19)8-6-13-5-3-11-10-12(16)4-7-14(11)18-13/h3-8,10H,2,9H2,1H3,(H,17,19)/b8-6+. The van der Waals surface area contributed by atoms with Crippen molar-refractivity contribution >= 4 is 34.5 Å². The van der Waals surface area contributed by atoms with Gasteiger partial charge in [0.15, 0.2) is 0 Å². The summed E-state index contributed by atoms with van der Waals surface area (Å²) in [5, 5.41) is 4.45. The molecule has 2 aromatic rings. The second-order valence-electron chi connectivity index (χ2n) is 4.20. The molecule has 0 aliphatic rings. The van der Waals surface area contributed by atoms with Crippen molar-refractivity contribution in [2.24, 2.45) is 0 Å². The van der Waals surface area contributed by atoms with Gasteiger partial charge in [-0.2, -0.15) is 0 Å². The van der Waals surface area contributed by atoms with Gasteiger partial charge in [0.05, 0.1) is 11.2 Å². The zero-order chi connectivity index (χ0) is 13.7. The van der Waals surface area contributed by atoms with Crippen molar-refractivity contribution in [2.45, 2.75) is 13.3 Å². The number of aromatic nitrogens is 1. The molecule has 0 fully saturated rings. The molecule has 0 aliphatic carbocycles. The number of carbonyl (C=O) groups excluding carboxylic acids is 1. The van der Waals surface area contributed by atoms with Crippen molar-refractivity contribution in [3.8, 4) is 0 Å². The Balaban J connectivity index is 2.15. The third kappa shape index (κ3) is 3.80. The van der Waals surface area contributed by atoms with Crippen molar-refractivity contribution < 1.29 is 4.79 Å². The second kappa shape index (κ2) is 6.34. The van der Waals surface area contributed by atoms with Gasteiger partial charge in [-0.05, 0) is 36.8 Å². The molecular formula is C15H15ClN2O. The number of carbonyl (C=O) groups is 1. The van der Waals surface area contributed by atoms with E-state index in [-0.39, 0.29) is 5.91 Å². The summed E-state index contributed by atoms with van der Waals surface area (Å²) in [6, 6.07) is 9.34. The lowest BCUT2D eigenvalue weighted by molar-refractivity contribution is -0.116. The molecule has 3 nitrogen and oxygen atoms in total. The molecule has 0 saturated heterocycles. The van der Waals surface area contributed by atoms with E-state index in [1.807, 2.05) is 31.2 Å². The molecule has 0 saturated carbocycles. The maximum Gasteiger partial charge on any atom is 0.244 e. The molecule has 1 amide bonds. The first kappa shape index (κ1) is 13.6. The molecule has 0 spiro atoms. The van der Waals surface area contributed by atoms with Crippen LogP contribution in [0.1, 0.15) is 19.0 Å². The molecule has 19 heavy (non-hydrogen) atoms. The van der Waals surface area contributed by atoms with E-state index >= 15 is 0 Å². The zero-order valence-electron chi connectivity index (χ0n) is 10.7. The SMILES string of the molecule is CCCNC(=O)/C=C/c1ccc2cc(Cl)ccc2n1. The van der Waals surface area contributed by atoms with E-state index in [1.165, 1.54) is 6.08 Å². The first-order valence-electron chi connectivity index (χ1n) is 6.21. The van der Waals surface area contributed by atoms with Crippen LogP contribution in [0.4, 0.5) is 0 Å². The summed E-state index contributed by atoms with van der Waals surface area (Å²) in [5.74, 6) is -0.0974. The van der Waals surface area contributed by atoms with Gasteiger partial charge in [0, 0.05) is 23.0 Å². The van der Waals surface area contributed by atoms with Crippen LogP contribution in [0, 0.1) is 0 Å². The Morgan fingerprint density at radius 2 is 2.21 bits per heavy atom. The predicted molar refractivity (Wildman–Crippen MR) is 79.1 cm³/mol. The number of benzene rings is 1. The fraction of sp³-hybridized carbons (Fsp3) is 0.200. The van der Waals surface area contributed by atoms with Gasteiger partial charge in [-0.25, -0.2) is 4.98 Å². The normalized spacial score (nSPS) is 11.1. The Kier molecular flexibility index (Phi) is 4.53. The highest BCUT2D eigenvalue weighted by atomic mass is 35.5. The van der Waals surface area contributed by atoms with Gasteiger partial charge in [0.25, 0.3) is 0 Å². The highest BCUT2D eigenvalue weighted by Gasteiger charge is 1.98. The predicted octanol–water partition coefficient (Wildman–Crippen LogP) is 3.43. The van der Waals surface area contributed by atoms with E-state index in [2.05, 4.69) is 10.3 Å². The molecule has 0 unspecified atom stereocenters. The minimum absolute atomic E-state index is 0.0974. The lowest BCUT2D eigenvalue weighted by Crippen LogP contribution is -2.21. The number of pyridine rings is 1. The molecule has 2 rings (SSSR count). The number of halogens is 1. The fourth-order valence-corrected chi connectivity index (χ4v) is 1.85.